The summed E-state index contributed by atoms with van der Waals surface area (Å²) in [7, 11) is 2.15. The molecule has 0 bridgehead atoms. The van der Waals surface area contributed by atoms with Gasteiger partial charge in [0.05, 0.1) is 25.1 Å². The van der Waals surface area contributed by atoms with E-state index in [1.54, 1.807) is 0 Å². The van der Waals surface area contributed by atoms with Gasteiger partial charge >= 0.3 is 0 Å². The lowest BCUT2D eigenvalue weighted by molar-refractivity contribution is 0.0237. The predicted octanol–water partition coefficient (Wildman–Crippen LogP) is 3.26. The summed E-state index contributed by atoms with van der Waals surface area (Å²) in [6.07, 6.45) is 8.25. The average Bonchev–Trinajstić information content (AvgIpc) is 3.09. The first kappa shape index (κ1) is 17.9. The number of ether oxygens (including phenoxy) is 2. The van der Waals surface area contributed by atoms with Crippen molar-refractivity contribution in [2.75, 3.05) is 26.8 Å². The van der Waals surface area contributed by atoms with E-state index in [0.717, 1.165) is 50.4 Å². The zero-order valence-corrected chi connectivity index (χ0v) is 15.2. The molecule has 1 fully saturated rings. The average molecular weight is 344 g/mol. The molecule has 25 heavy (non-hydrogen) atoms. The highest BCUT2D eigenvalue weighted by Gasteiger charge is 2.16. The van der Waals surface area contributed by atoms with Crippen LogP contribution in [-0.4, -0.2) is 53.0 Å². The molecule has 0 aliphatic carbocycles. The maximum Gasteiger partial charge on any atom is 0.213 e. The van der Waals surface area contributed by atoms with E-state index in [1.165, 1.54) is 18.4 Å². The van der Waals surface area contributed by atoms with E-state index in [9.17, 15) is 0 Å². The van der Waals surface area contributed by atoms with Gasteiger partial charge < -0.3 is 14.4 Å². The standard InChI is InChI=1S/C19H28N4O2/c1-3-4-9-23(2)14-16-13-21-22-19(16)15-5-6-18(20-12-15)25-17-7-10-24-11-8-17/h5-6,12-13,17H,3-4,7-11,14H2,1-2H3,(H,21,22). The highest BCUT2D eigenvalue weighted by atomic mass is 16.5. The third kappa shape index (κ3) is 5.03. The van der Waals surface area contributed by atoms with Crippen LogP contribution in [0.1, 0.15) is 38.2 Å². The molecular weight excluding hydrogens is 316 g/mol. The lowest BCUT2D eigenvalue weighted by Gasteiger charge is -2.22. The number of H-pyrrole nitrogens is 1. The van der Waals surface area contributed by atoms with E-state index in [2.05, 4.69) is 34.1 Å². The van der Waals surface area contributed by atoms with Gasteiger partial charge in [0.1, 0.15) is 6.10 Å². The molecule has 2 aromatic heterocycles. The number of rotatable bonds is 8. The van der Waals surface area contributed by atoms with Crippen molar-refractivity contribution in [2.45, 2.75) is 45.3 Å². The highest BCUT2D eigenvalue weighted by molar-refractivity contribution is 5.61. The van der Waals surface area contributed by atoms with Gasteiger partial charge in [0.15, 0.2) is 0 Å². The van der Waals surface area contributed by atoms with Gasteiger partial charge in [-0.15, -0.1) is 0 Å². The van der Waals surface area contributed by atoms with Crippen molar-refractivity contribution >= 4 is 0 Å². The van der Waals surface area contributed by atoms with Crippen LogP contribution in [0.3, 0.4) is 0 Å². The molecule has 6 heteroatoms. The molecule has 136 valence electrons. The van der Waals surface area contributed by atoms with Gasteiger partial charge in [-0.2, -0.15) is 5.10 Å². The number of pyridine rings is 1. The molecule has 3 heterocycles. The SMILES string of the molecule is CCCCN(C)Cc1cn[nH]c1-c1ccc(OC2CCOCC2)nc1. The summed E-state index contributed by atoms with van der Waals surface area (Å²) in [5.41, 5.74) is 3.27. The van der Waals surface area contributed by atoms with Gasteiger partial charge in [-0.25, -0.2) is 4.98 Å². The summed E-state index contributed by atoms with van der Waals surface area (Å²) < 4.78 is 11.3. The summed E-state index contributed by atoms with van der Waals surface area (Å²) in [6.45, 7) is 5.73. The Morgan fingerprint density at radius 3 is 2.84 bits per heavy atom. The number of aromatic nitrogens is 3. The summed E-state index contributed by atoms with van der Waals surface area (Å²) in [6, 6.07) is 3.99. The second-order valence-electron chi connectivity index (χ2n) is 6.68. The molecule has 0 spiro atoms. The minimum atomic E-state index is 0.210. The van der Waals surface area contributed by atoms with Crippen LogP contribution < -0.4 is 4.74 Å². The van der Waals surface area contributed by atoms with Gasteiger partial charge in [-0.05, 0) is 26.1 Å². The Morgan fingerprint density at radius 2 is 2.12 bits per heavy atom. The Hall–Kier alpha value is -1.92. The van der Waals surface area contributed by atoms with Crippen molar-refractivity contribution in [1.82, 2.24) is 20.1 Å². The molecule has 0 aromatic carbocycles. The van der Waals surface area contributed by atoms with Crippen LogP contribution in [0, 0.1) is 0 Å². The zero-order valence-electron chi connectivity index (χ0n) is 15.2. The van der Waals surface area contributed by atoms with Crippen molar-refractivity contribution in [1.29, 1.82) is 0 Å². The molecule has 1 aliphatic rings. The van der Waals surface area contributed by atoms with Gasteiger partial charge in [-0.3, -0.25) is 5.10 Å². The lowest BCUT2D eigenvalue weighted by Crippen LogP contribution is -2.26. The topological polar surface area (TPSA) is 63.3 Å². The largest absolute Gasteiger partial charge is 0.474 e. The minimum Gasteiger partial charge on any atom is -0.474 e. The van der Waals surface area contributed by atoms with E-state index < -0.39 is 0 Å². The summed E-state index contributed by atoms with van der Waals surface area (Å²) in [5.74, 6) is 0.678. The first-order valence-electron chi connectivity index (χ1n) is 9.18. The van der Waals surface area contributed by atoms with Crippen LogP contribution >= 0.6 is 0 Å². The zero-order chi connectivity index (χ0) is 17.5. The van der Waals surface area contributed by atoms with E-state index in [4.69, 9.17) is 9.47 Å². The van der Waals surface area contributed by atoms with E-state index >= 15 is 0 Å². The second kappa shape index (κ2) is 8.97. The molecule has 0 unspecified atom stereocenters. The summed E-state index contributed by atoms with van der Waals surface area (Å²) in [5, 5.41) is 7.33. The van der Waals surface area contributed by atoms with Crippen molar-refractivity contribution in [2.24, 2.45) is 0 Å². The Kier molecular flexibility index (Phi) is 6.42. The third-order valence-corrected chi connectivity index (χ3v) is 4.53. The van der Waals surface area contributed by atoms with Gasteiger partial charge in [0.25, 0.3) is 0 Å². The van der Waals surface area contributed by atoms with E-state index in [1.807, 2.05) is 24.5 Å². The summed E-state index contributed by atoms with van der Waals surface area (Å²) in [4.78, 5) is 6.80. The molecular formula is C19H28N4O2. The number of unbranched alkanes of at least 4 members (excludes halogenated alkanes) is 1. The maximum atomic E-state index is 5.94. The molecule has 1 N–H and O–H groups in total. The van der Waals surface area contributed by atoms with Crippen LogP contribution in [0.25, 0.3) is 11.3 Å². The van der Waals surface area contributed by atoms with Gasteiger partial charge in [0, 0.05) is 42.8 Å². The van der Waals surface area contributed by atoms with Crippen molar-refractivity contribution in [3.63, 3.8) is 0 Å². The normalized spacial score (nSPS) is 15.6. The molecule has 2 aromatic rings. The number of hydrogen-bond acceptors (Lipinski definition) is 5. The molecule has 0 radical (unpaired) electrons. The predicted molar refractivity (Wildman–Crippen MR) is 97.5 cm³/mol. The van der Waals surface area contributed by atoms with Crippen LogP contribution in [0.4, 0.5) is 0 Å². The molecule has 3 rings (SSSR count). The molecule has 0 saturated carbocycles. The van der Waals surface area contributed by atoms with Crippen LogP contribution in [0.5, 0.6) is 5.88 Å². The molecule has 1 saturated heterocycles. The third-order valence-electron chi connectivity index (χ3n) is 4.53. The fourth-order valence-electron chi connectivity index (χ4n) is 3.04. The molecule has 6 nitrogen and oxygen atoms in total. The monoisotopic (exact) mass is 344 g/mol. The van der Waals surface area contributed by atoms with Crippen LogP contribution in [0.15, 0.2) is 24.5 Å². The van der Waals surface area contributed by atoms with Crippen molar-refractivity contribution < 1.29 is 9.47 Å². The smallest absolute Gasteiger partial charge is 0.213 e. The lowest BCUT2D eigenvalue weighted by atomic mass is 10.1. The first-order valence-corrected chi connectivity index (χ1v) is 9.18. The quantitative estimate of drug-likeness (QED) is 0.796. The van der Waals surface area contributed by atoms with E-state index in [-0.39, 0.29) is 6.10 Å². The molecule has 0 atom stereocenters. The van der Waals surface area contributed by atoms with Gasteiger partial charge in [-0.1, -0.05) is 13.3 Å². The first-order chi connectivity index (χ1) is 12.3. The fraction of sp³-hybridized carbons (Fsp3) is 0.579. The molecule has 1 aliphatic heterocycles. The Bertz CT molecular complexity index is 635. The minimum absolute atomic E-state index is 0.210. The van der Waals surface area contributed by atoms with Crippen molar-refractivity contribution in [3.05, 3.63) is 30.1 Å². The number of nitrogens with one attached hydrogen (secondary N) is 1. The number of nitrogens with zero attached hydrogens (tertiary/aromatic N) is 3. The Balaban J connectivity index is 1.63. The van der Waals surface area contributed by atoms with Crippen molar-refractivity contribution in [3.8, 4) is 17.1 Å². The highest BCUT2D eigenvalue weighted by Crippen LogP contribution is 2.24. The molecule has 0 amide bonds. The number of hydrogen-bond donors (Lipinski definition) is 1. The van der Waals surface area contributed by atoms with Crippen LogP contribution in [-0.2, 0) is 11.3 Å². The van der Waals surface area contributed by atoms with E-state index in [0.29, 0.717) is 5.88 Å². The second-order valence-corrected chi connectivity index (χ2v) is 6.68. The number of aromatic amines is 1. The fourth-order valence-corrected chi connectivity index (χ4v) is 3.04. The Labute approximate surface area is 149 Å². The Morgan fingerprint density at radius 1 is 1.28 bits per heavy atom. The summed E-state index contributed by atoms with van der Waals surface area (Å²) >= 11 is 0. The van der Waals surface area contributed by atoms with Crippen LogP contribution in [0.2, 0.25) is 0 Å². The maximum absolute atomic E-state index is 5.94. The van der Waals surface area contributed by atoms with Gasteiger partial charge in [0.2, 0.25) is 5.88 Å².